The van der Waals surface area contributed by atoms with Crippen molar-refractivity contribution in [1.29, 1.82) is 0 Å². The van der Waals surface area contributed by atoms with Crippen molar-refractivity contribution in [2.45, 2.75) is 26.7 Å². The fraction of sp³-hybridized carbons (Fsp3) is 0.333. The first-order chi connectivity index (χ1) is 8.63. The average molecular weight is 244 g/mol. The topological polar surface area (TPSA) is 51.2 Å². The van der Waals surface area contributed by atoms with Gasteiger partial charge in [0.25, 0.3) is 0 Å². The fourth-order valence-electron chi connectivity index (χ4n) is 2.40. The SMILES string of the molecule is Cc1cc(CCCN)c(C)n1-c1cccc(O)c1. The summed E-state index contributed by atoms with van der Waals surface area (Å²) in [7, 11) is 0. The molecule has 0 amide bonds. The quantitative estimate of drug-likeness (QED) is 0.868. The predicted octanol–water partition coefficient (Wildman–Crippen LogP) is 2.69. The largest absolute Gasteiger partial charge is 0.508 e. The lowest BCUT2D eigenvalue weighted by Gasteiger charge is -2.10. The van der Waals surface area contributed by atoms with Crippen LogP contribution in [-0.4, -0.2) is 16.2 Å². The summed E-state index contributed by atoms with van der Waals surface area (Å²) in [6, 6.07) is 9.55. The Morgan fingerprint density at radius 3 is 2.67 bits per heavy atom. The van der Waals surface area contributed by atoms with Gasteiger partial charge < -0.3 is 15.4 Å². The summed E-state index contributed by atoms with van der Waals surface area (Å²) in [6.45, 7) is 4.92. The number of nitrogens with two attached hydrogens (primary N) is 1. The second kappa shape index (κ2) is 5.27. The Bertz CT molecular complexity index is 543. The number of benzene rings is 1. The lowest BCUT2D eigenvalue weighted by Crippen LogP contribution is -2.02. The molecular formula is C15H20N2O. The molecule has 0 aliphatic rings. The highest BCUT2D eigenvalue weighted by Gasteiger charge is 2.10. The van der Waals surface area contributed by atoms with E-state index in [9.17, 15) is 5.11 Å². The number of phenols is 1. The number of hydrogen-bond donors (Lipinski definition) is 2. The number of nitrogens with zero attached hydrogens (tertiary/aromatic N) is 1. The Morgan fingerprint density at radius 1 is 1.22 bits per heavy atom. The molecule has 1 heterocycles. The lowest BCUT2D eigenvalue weighted by molar-refractivity contribution is 0.475. The maximum Gasteiger partial charge on any atom is 0.117 e. The molecule has 1 aromatic carbocycles. The molecule has 0 aliphatic carbocycles. The number of aryl methyl sites for hydroxylation is 2. The first kappa shape index (κ1) is 12.7. The van der Waals surface area contributed by atoms with E-state index in [0.29, 0.717) is 5.75 Å². The van der Waals surface area contributed by atoms with Crippen molar-refractivity contribution >= 4 is 0 Å². The molecule has 0 spiro atoms. The number of aromatic nitrogens is 1. The van der Waals surface area contributed by atoms with Crippen molar-refractivity contribution in [3.05, 3.63) is 47.3 Å². The molecule has 0 bridgehead atoms. The van der Waals surface area contributed by atoms with Gasteiger partial charge >= 0.3 is 0 Å². The maximum atomic E-state index is 9.57. The van der Waals surface area contributed by atoms with Gasteiger partial charge in [-0.1, -0.05) is 6.07 Å². The average Bonchev–Trinajstić information content (AvgIpc) is 2.62. The number of rotatable bonds is 4. The van der Waals surface area contributed by atoms with Gasteiger partial charge in [0, 0.05) is 23.1 Å². The molecule has 2 aromatic rings. The second-order valence-electron chi connectivity index (χ2n) is 4.64. The smallest absolute Gasteiger partial charge is 0.117 e. The molecule has 3 nitrogen and oxygen atoms in total. The van der Waals surface area contributed by atoms with Gasteiger partial charge in [-0.2, -0.15) is 0 Å². The third-order valence-corrected chi connectivity index (χ3v) is 3.27. The summed E-state index contributed by atoms with van der Waals surface area (Å²) in [6.07, 6.45) is 2.01. The molecule has 0 aliphatic heterocycles. The zero-order valence-electron chi connectivity index (χ0n) is 11.0. The molecule has 3 N–H and O–H groups in total. The van der Waals surface area contributed by atoms with E-state index in [1.807, 2.05) is 12.1 Å². The van der Waals surface area contributed by atoms with Gasteiger partial charge in [-0.15, -0.1) is 0 Å². The minimum absolute atomic E-state index is 0.295. The molecule has 0 unspecified atom stereocenters. The lowest BCUT2D eigenvalue weighted by atomic mass is 10.1. The van der Waals surface area contributed by atoms with Crippen molar-refractivity contribution in [2.24, 2.45) is 5.73 Å². The van der Waals surface area contributed by atoms with E-state index >= 15 is 0 Å². The fourth-order valence-corrected chi connectivity index (χ4v) is 2.40. The standard InChI is InChI=1S/C15H20N2O/c1-11-9-13(5-4-8-16)12(2)17(11)14-6-3-7-15(18)10-14/h3,6-7,9-10,18H,4-5,8,16H2,1-2H3. The molecule has 0 saturated carbocycles. The summed E-state index contributed by atoms with van der Waals surface area (Å²) in [4.78, 5) is 0. The van der Waals surface area contributed by atoms with E-state index in [4.69, 9.17) is 5.73 Å². The highest BCUT2D eigenvalue weighted by atomic mass is 16.3. The van der Waals surface area contributed by atoms with Gasteiger partial charge in [0.1, 0.15) is 5.75 Å². The van der Waals surface area contributed by atoms with Crippen molar-refractivity contribution < 1.29 is 5.11 Å². The van der Waals surface area contributed by atoms with E-state index in [0.717, 1.165) is 25.1 Å². The van der Waals surface area contributed by atoms with E-state index in [1.54, 1.807) is 12.1 Å². The second-order valence-corrected chi connectivity index (χ2v) is 4.64. The molecule has 18 heavy (non-hydrogen) atoms. The van der Waals surface area contributed by atoms with Crippen molar-refractivity contribution in [1.82, 2.24) is 4.57 Å². The number of hydrogen-bond acceptors (Lipinski definition) is 2. The van der Waals surface area contributed by atoms with Crippen LogP contribution in [0.4, 0.5) is 0 Å². The van der Waals surface area contributed by atoms with Crippen LogP contribution in [0.5, 0.6) is 5.75 Å². The summed E-state index contributed by atoms with van der Waals surface area (Å²) >= 11 is 0. The van der Waals surface area contributed by atoms with Crippen LogP contribution in [0.25, 0.3) is 5.69 Å². The van der Waals surface area contributed by atoms with Crippen LogP contribution >= 0.6 is 0 Å². The van der Waals surface area contributed by atoms with Crippen molar-refractivity contribution in [2.75, 3.05) is 6.54 Å². The van der Waals surface area contributed by atoms with Gasteiger partial charge in [0.2, 0.25) is 0 Å². The Kier molecular flexibility index (Phi) is 3.72. The molecular weight excluding hydrogens is 224 g/mol. The van der Waals surface area contributed by atoms with Crippen LogP contribution < -0.4 is 5.73 Å². The van der Waals surface area contributed by atoms with E-state index in [1.165, 1.54) is 17.0 Å². The van der Waals surface area contributed by atoms with Crippen LogP contribution in [-0.2, 0) is 6.42 Å². The van der Waals surface area contributed by atoms with Crippen molar-refractivity contribution in [3.63, 3.8) is 0 Å². The Balaban J connectivity index is 2.42. The molecule has 96 valence electrons. The Labute approximate surface area is 108 Å². The molecule has 3 heteroatoms. The van der Waals surface area contributed by atoms with E-state index < -0.39 is 0 Å². The monoisotopic (exact) mass is 244 g/mol. The van der Waals surface area contributed by atoms with Gasteiger partial charge in [-0.05, 0) is 57.0 Å². The van der Waals surface area contributed by atoms with E-state index in [2.05, 4.69) is 24.5 Å². The summed E-state index contributed by atoms with van der Waals surface area (Å²) in [5.74, 6) is 0.295. The highest BCUT2D eigenvalue weighted by Crippen LogP contribution is 2.23. The predicted molar refractivity (Wildman–Crippen MR) is 74.3 cm³/mol. The molecule has 2 rings (SSSR count). The zero-order valence-corrected chi connectivity index (χ0v) is 11.0. The Hall–Kier alpha value is -1.74. The van der Waals surface area contributed by atoms with Gasteiger partial charge in [-0.25, -0.2) is 0 Å². The minimum atomic E-state index is 0.295. The van der Waals surface area contributed by atoms with Gasteiger partial charge in [0.05, 0.1) is 0 Å². The highest BCUT2D eigenvalue weighted by molar-refractivity contribution is 5.44. The molecule has 1 aromatic heterocycles. The first-order valence-corrected chi connectivity index (χ1v) is 6.30. The van der Waals surface area contributed by atoms with Gasteiger partial charge in [0.15, 0.2) is 0 Å². The molecule has 0 fully saturated rings. The zero-order chi connectivity index (χ0) is 13.1. The Morgan fingerprint density at radius 2 is 2.00 bits per heavy atom. The van der Waals surface area contributed by atoms with Crippen LogP contribution in [0, 0.1) is 13.8 Å². The van der Waals surface area contributed by atoms with Gasteiger partial charge in [-0.3, -0.25) is 0 Å². The number of phenolic OH excluding ortho intramolecular Hbond substituents is 1. The van der Waals surface area contributed by atoms with Crippen LogP contribution in [0.15, 0.2) is 30.3 Å². The van der Waals surface area contributed by atoms with E-state index in [-0.39, 0.29) is 0 Å². The molecule has 0 atom stereocenters. The molecule has 0 radical (unpaired) electrons. The first-order valence-electron chi connectivity index (χ1n) is 6.30. The normalized spacial score (nSPS) is 10.8. The van der Waals surface area contributed by atoms with Crippen LogP contribution in [0.3, 0.4) is 0 Å². The minimum Gasteiger partial charge on any atom is -0.508 e. The summed E-state index contributed by atoms with van der Waals surface area (Å²) < 4.78 is 2.17. The third kappa shape index (κ3) is 2.41. The third-order valence-electron chi connectivity index (χ3n) is 3.27. The maximum absolute atomic E-state index is 9.57. The van der Waals surface area contributed by atoms with Crippen molar-refractivity contribution in [3.8, 4) is 11.4 Å². The van der Waals surface area contributed by atoms with Crippen LogP contribution in [0.1, 0.15) is 23.4 Å². The number of aromatic hydroxyl groups is 1. The molecule has 0 saturated heterocycles. The van der Waals surface area contributed by atoms with Crippen LogP contribution in [0.2, 0.25) is 0 Å². The summed E-state index contributed by atoms with van der Waals surface area (Å²) in [5.41, 5.74) is 10.3. The summed E-state index contributed by atoms with van der Waals surface area (Å²) in [5, 5.41) is 9.57.